The standard InChI is InChI=1S/C15H20O3/c1-13(9-16)8-14(2)10-17-12-18-11-15-6-4-3-5-7-15/h3-9,14H,10-12H2,1-2H3/b13-8+/t14-/m0/s1. The van der Waals surface area contributed by atoms with Crippen molar-refractivity contribution in [3.63, 3.8) is 0 Å². The van der Waals surface area contributed by atoms with Gasteiger partial charge in [-0.25, -0.2) is 0 Å². The zero-order valence-corrected chi connectivity index (χ0v) is 11.0. The Kier molecular flexibility index (Phi) is 6.99. The number of aldehydes is 1. The van der Waals surface area contributed by atoms with Crippen molar-refractivity contribution in [2.45, 2.75) is 20.5 Å². The van der Waals surface area contributed by atoms with Crippen LogP contribution in [0.1, 0.15) is 19.4 Å². The smallest absolute Gasteiger partial charge is 0.147 e. The van der Waals surface area contributed by atoms with Gasteiger partial charge >= 0.3 is 0 Å². The average molecular weight is 248 g/mol. The van der Waals surface area contributed by atoms with Crippen molar-refractivity contribution in [3.05, 3.63) is 47.5 Å². The molecule has 18 heavy (non-hydrogen) atoms. The summed E-state index contributed by atoms with van der Waals surface area (Å²) in [7, 11) is 0. The van der Waals surface area contributed by atoms with E-state index in [2.05, 4.69) is 0 Å². The predicted octanol–water partition coefficient (Wildman–Crippen LogP) is 2.96. The first-order valence-electron chi connectivity index (χ1n) is 6.05. The van der Waals surface area contributed by atoms with Gasteiger partial charge in [-0.1, -0.05) is 43.3 Å². The van der Waals surface area contributed by atoms with E-state index in [-0.39, 0.29) is 12.7 Å². The Labute approximate surface area is 108 Å². The van der Waals surface area contributed by atoms with Gasteiger partial charge in [0.25, 0.3) is 0 Å². The van der Waals surface area contributed by atoms with Gasteiger partial charge < -0.3 is 9.47 Å². The molecule has 0 aliphatic heterocycles. The van der Waals surface area contributed by atoms with Gasteiger partial charge in [0.05, 0.1) is 13.2 Å². The molecule has 0 fully saturated rings. The first kappa shape index (κ1) is 14.6. The number of carbonyl (C=O) groups excluding carboxylic acids is 1. The van der Waals surface area contributed by atoms with Crippen LogP contribution in [0, 0.1) is 5.92 Å². The lowest BCUT2D eigenvalue weighted by Gasteiger charge is -2.09. The molecular formula is C15H20O3. The number of benzene rings is 1. The largest absolute Gasteiger partial charge is 0.355 e. The molecule has 0 spiro atoms. The van der Waals surface area contributed by atoms with Crippen LogP contribution < -0.4 is 0 Å². The van der Waals surface area contributed by atoms with Gasteiger partial charge in [0.15, 0.2) is 0 Å². The molecule has 98 valence electrons. The molecule has 0 N–H and O–H groups in total. The van der Waals surface area contributed by atoms with Crippen LogP contribution in [0.25, 0.3) is 0 Å². The molecule has 0 aliphatic carbocycles. The third-order valence-electron chi connectivity index (χ3n) is 2.39. The molecule has 3 nitrogen and oxygen atoms in total. The molecule has 1 atom stereocenters. The minimum absolute atomic E-state index is 0.218. The molecule has 1 aromatic rings. The summed E-state index contributed by atoms with van der Waals surface area (Å²) < 4.78 is 10.8. The Hall–Kier alpha value is -1.45. The normalized spacial score (nSPS) is 13.3. The molecule has 0 amide bonds. The van der Waals surface area contributed by atoms with Gasteiger partial charge in [-0.2, -0.15) is 0 Å². The fourth-order valence-corrected chi connectivity index (χ4v) is 1.56. The zero-order chi connectivity index (χ0) is 13.2. The molecule has 0 saturated carbocycles. The quantitative estimate of drug-likeness (QED) is 0.307. The van der Waals surface area contributed by atoms with E-state index in [4.69, 9.17) is 9.47 Å². The number of hydrogen-bond donors (Lipinski definition) is 0. The van der Waals surface area contributed by atoms with Gasteiger partial charge in [-0.15, -0.1) is 0 Å². The van der Waals surface area contributed by atoms with Crippen LogP contribution in [0.5, 0.6) is 0 Å². The van der Waals surface area contributed by atoms with Gasteiger partial charge in [0.1, 0.15) is 13.1 Å². The molecule has 1 rings (SSSR count). The molecule has 0 radical (unpaired) electrons. The highest BCUT2D eigenvalue weighted by Crippen LogP contribution is 2.03. The molecule has 0 heterocycles. The Morgan fingerprint density at radius 3 is 2.67 bits per heavy atom. The predicted molar refractivity (Wildman–Crippen MR) is 71.0 cm³/mol. The van der Waals surface area contributed by atoms with Crippen molar-refractivity contribution in [1.29, 1.82) is 0 Å². The minimum atomic E-state index is 0.218. The fourth-order valence-electron chi connectivity index (χ4n) is 1.56. The number of carbonyl (C=O) groups is 1. The maximum Gasteiger partial charge on any atom is 0.147 e. The van der Waals surface area contributed by atoms with Crippen LogP contribution in [0.2, 0.25) is 0 Å². The molecule has 0 saturated heterocycles. The third kappa shape index (κ3) is 6.33. The zero-order valence-electron chi connectivity index (χ0n) is 11.0. The van der Waals surface area contributed by atoms with E-state index >= 15 is 0 Å². The van der Waals surface area contributed by atoms with Crippen molar-refractivity contribution < 1.29 is 14.3 Å². The molecule has 0 aromatic heterocycles. The van der Waals surface area contributed by atoms with Crippen LogP contribution in [0.3, 0.4) is 0 Å². The van der Waals surface area contributed by atoms with E-state index in [1.54, 1.807) is 6.92 Å². The van der Waals surface area contributed by atoms with Gasteiger partial charge in [-0.05, 0) is 24.0 Å². The second-order valence-corrected chi connectivity index (χ2v) is 4.33. The maximum absolute atomic E-state index is 10.4. The third-order valence-corrected chi connectivity index (χ3v) is 2.39. The first-order valence-corrected chi connectivity index (χ1v) is 6.05. The average Bonchev–Trinajstić information content (AvgIpc) is 2.39. The fraction of sp³-hybridized carbons (Fsp3) is 0.400. The van der Waals surface area contributed by atoms with Crippen LogP contribution in [0.15, 0.2) is 42.0 Å². The second kappa shape index (κ2) is 8.61. The summed E-state index contributed by atoms with van der Waals surface area (Å²) in [5, 5.41) is 0. The van der Waals surface area contributed by atoms with Gasteiger partial charge in [0, 0.05) is 0 Å². The summed E-state index contributed by atoms with van der Waals surface area (Å²) in [6.07, 6.45) is 2.74. The topological polar surface area (TPSA) is 35.5 Å². The molecular weight excluding hydrogens is 228 g/mol. The highest BCUT2D eigenvalue weighted by atomic mass is 16.7. The lowest BCUT2D eigenvalue weighted by atomic mass is 10.1. The summed E-state index contributed by atoms with van der Waals surface area (Å²) in [5.41, 5.74) is 1.86. The Balaban J connectivity index is 2.10. The Bertz CT molecular complexity index is 371. The number of ether oxygens (including phenoxy) is 2. The van der Waals surface area contributed by atoms with E-state index in [1.807, 2.05) is 43.3 Å². The van der Waals surface area contributed by atoms with E-state index in [1.165, 1.54) is 0 Å². The lowest BCUT2D eigenvalue weighted by Crippen LogP contribution is -2.07. The summed E-state index contributed by atoms with van der Waals surface area (Å²) in [6.45, 7) is 5.17. The number of allylic oxidation sites excluding steroid dienone is 1. The highest BCUT2D eigenvalue weighted by molar-refractivity contribution is 5.72. The van der Waals surface area contributed by atoms with E-state index in [9.17, 15) is 4.79 Å². The summed E-state index contributed by atoms with van der Waals surface area (Å²) in [5.74, 6) is 0.218. The summed E-state index contributed by atoms with van der Waals surface area (Å²) in [4.78, 5) is 10.4. The summed E-state index contributed by atoms with van der Waals surface area (Å²) in [6, 6.07) is 9.96. The van der Waals surface area contributed by atoms with Crippen molar-refractivity contribution >= 4 is 6.29 Å². The van der Waals surface area contributed by atoms with Gasteiger partial charge in [-0.3, -0.25) is 4.79 Å². The molecule has 3 heteroatoms. The second-order valence-electron chi connectivity index (χ2n) is 4.33. The lowest BCUT2D eigenvalue weighted by molar-refractivity contribution is -0.104. The SMILES string of the molecule is C/C(C=O)=C\[C@H](C)COCOCc1ccccc1. The van der Waals surface area contributed by atoms with Crippen LogP contribution in [-0.2, 0) is 20.9 Å². The minimum Gasteiger partial charge on any atom is -0.355 e. The van der Waals surface area contributed by atoms with Crippen LogP contribution >= 0.6 is 0 Å². The van der Waals surface area contributed by atoms with Crippen molar-refractivity contribution in [2.24, 2.45) is 5.92 Å². The molecule has 1 aromatic carbocycles. The number of rotatable bonds is 8. The van der Waals surface area contributed by atoms with E-state index in [0.29, 0.717) is 13.2 Å². The van der Waals surface area contributed by atoms with Gasteiger partial charge in [0.2, 0.25) is 0 Å². The molecule has 0 unspecified atom stereocenters. The van der Waals surface area contributed by atoms with E-state index < -0.39 is 0 Å². The van der Waals surface area contributed by atoms with Crippen molar-refractivity contribution in [3.8, 4) is 0 Å². The van der Waals surface area contributed by atoms with Crippen LogP contribution in [-0.4, -0.2) is 19.7 Å². The van der Waals surface area contributed by atoms with Crippen molar-refractivity contribution in [1.82, 2.24) is 0 Å². The van der Waals surface area contributed by atoms with Crippen molar-refractivity contribution in [2.75, 3.05) is 13.4 Å². The van der Waals surface area contributed by atoms with E-state index in [0.717, 1.165) is 17.4 Å². The van der Waals surface area contributed by atoms with Crippen LogP contribution in [0.4, 0.5) is 0 Å². The summed E-state index contributed by atoms with van der Waals surface area (Å²) >= 11 is 0. The molecule has 0 aliphatic rings. The molecule has 0 bridgehead atoms. The number of hydrogen-bond acceptors (Lipinski definition) is 3. The highest BCUT2D eigenvalue weighted by Gasteiger charge is 1.99. The Morgan fingerprint density at radius 1 is 1.28 bits per heavy atom. The monoisotopic (exact) mass is 248 g/mol. The first-order chi connectivity index (χ1) is 8.72. The Morgan fingerprint density at radius 2 is 2.00 bits per heavy atom. The maximum atomic E-state index is 10.4.